The van der Waals surface area contributed by atoms with Crippen molar-refractivity contribution >= 4 is 40.8 Å². The number of nitrogens with one attached hydrogen (secondary N) is 2. The molecular weight excluding hydrogens is 454 g/mol. The summed E-state index contributed by atoms with van der Waals surface area (Å²) in [4.78, 5) is 47.8. The number of methoxy groups -OCH3 is 1. The molecule has 2 amide bonds. The molecule has 2 rings (SSSR count). The standard InChI is InChI=1S/C22H24ClN3O7/c1-13(2)10-18(25-21(28)14-4-6-15(23)7-5-14)22(29)33-12-20(27)24-17-9-8-16(32-3)11-19(17)26(30)31/h4-9,11,13,18H,10,12H2,1-3H3,(H,24,27)(H,25,28). The van der Waals surface area contributed by atoms with Crippen molar-refractivity contribution in [2.45, 2.75) is 26.3 Å². The van der Waals surface area contributed by atoms with Gasteiger partial charge < -0.3 is 20.1 Å². The van der Waals surface area contributed by atoms with Crippen LogP contribution in [0.2, 0.25) is 5.02 Å². The molecule has 0 spiro atoms. The molecule has 2 aromatic rings. The Balaban J connectivity index is 2.01. The molecule has 1 unspecified atom stereocenters. The Morgan fingerprint density at radius 3 is 2.36 bits per heavy atom. The number of hydrogen-bond donors (Lipinski definition) is 2. The number of amides is 2. The Kier molecular flexibility index (Phi) is 9.17. The SMILES string of the molecule is COc1ccc(NC(=O)COC(=O)C(CC(C)C)NC(=O)c2ccc(Cl)cc2)c([N+](=O)[O-])c1. The fourth-order valence-corrected chi connectivity index (χ4v) is 2.97. The van der Waals surface area contributed by atoms with E-state index in [0.717, 1.165) is 6.07 Å². The van der Waals surface area contributed by atoms with Crippen LogP contribution < -0.4 is 15.4 Å². The van der Waals surface area contributed by atoms with Crippen LogP contribution in [0.1, 0.15) is 30.6 Å². The molecule has 0 radical (unpaired) electrons. The van der Waals surface area contributed by atoms with Gasteiger partial charge in [0, 0.05) is 10.6 Å². The summed E-state index contributed by atoms with van der Waals surface area (Å²) in [5.41, 5.74) is -0.135. The molecule has 0 aliphatic heterocycles. The molecule has 0 saturated heterocycles. The molecule has 0 saturated carbocycles. The minimum absolute atomic E-state index is 0.0452. The Hall–Kier alpha value is -3.66. The van der Waals surface area contributed by atoms with Crippen LogP contribution in [0.5, 0.6) is 5.75 Å². The van der Waals surface area contributed by atoms with E-state index < -0.39 is 35.4 Å². The lowest BCUT2D eigenvalue weighted by Gasteiger charge is -2.19. The summed E-state index contributed by atoms with van der Waals surface area (Å²) in [5.74, 6) is -1.77. The minimum Gasteiger partial charge on any atom is -0.496 e. The number of carbonyl (C=O) groups excluding carboxylic acids is 3. The zero-order valence-corrected chi connectivity index (χ0v) is 19.0. The Labute approximate surface area is 195 Å². The molecule has 10 nitrogen and oxygen atoms in total. The van der Waals surface area contributed by atoms with Crippen molar-refractivity contribution in [2.24, 2.45) is 5.92 Å². The first kappa shape index (κ1) is 25.6. The lowest BCUT2D eigenvalue weighted by molar-refractivity contribution is -0.384. The molecule has 0 aliphatic carbocycles. The lowest BCUT2D eigenvalue weighted by Crippen LogP contribution is -2.43. The van der Waals surface area contributed by atoms with Crippen LogP contribution in [0.4, 0.5) is 11.4 Å². The number of nitro benzene ring substituents is 1. The smallest absolute Gasteiger partial charge is 0.329 e. The third-order valence-electron chi connectivity index (χ3n) is 4.42. The number of carbonyl (C=O) groups is 3. The fourth-order valence-electron chi connectivity index (χ4n) is 2.85. The van der Waals surface area contributed by atoms with Crippen molar-refractivity contribution in [1.29, 1.82) is 0 Å². The van der Waals surface area contributed by atoms with E-state index in [2.05, 4.69) is 10.6 Å². The van der Waals surface area contributed by atoms with Gasteiger partial charge in [-0.05, 0) is 48.7 Å². The maximum atomic E-state index is 12.6. The van der Waals surface area contributed by atoms with Gasteiger partial charge >= 0.3 is 5.97 Å². The van der Waals surface area contributed by atoms with Crippen LogP contribution in [0.25, 0.3) is 0 Å². The van der Waals surface area contributed by atoms with Gasteiger partial charge in [0.2, 0.25) is 0 Å². The van der Waals surface area contributed by atoms with E-state index in [9.17, 15) is 24.5 Å². The first-order valence-corrected chi connectivity index (χ1v) is 10.3. The Morgan fingerprint density at radius 1 is 1.12 bits per heavy atom. The highest BCUT2D eigenvalue weighted by atomic mass is 35.5. The topological polar surface area (TPSA) is 137 Å². The summed E-state index contributed by atoms with van der Waals surface area (Å²) < 4.78 is 10.0. The first-order valence-electron chi connectivity index (χ1n) is 9.96. The van der Waals surface area contributed by atoms with Gasteiger partial charge in [-0.3, -0.25) is 19.7 Å². The molecular formula is C22H24ClN3O7. The zero-order chi connectivity index (χ0) is 24.5. The minimum atomic E-state index is -0.990. The maximum Gasteiger partial charge on any atom is 0.329 e. The predicted molar refractivity (Wildman–Crippen MR) is 121 cm³/mol. The van der Waals surface area contributed by atoms with Gasteiger partial charge in [0.15, 0.2) is 6.61 Å². The number of nitrogens with zero attached hydrogens (tertiary/aromatic N) is 1. The van der Waals surface area contributed by atoms with E-state index in [1.54, 1.807) is 12.1 Å². The van der Waals surface area contributed by atoms with E-state index in [0.29, 0.717) is 10.6 Å². The summed E-state index contributed by atoms with van der Waals surface area (Å²) in [6.45, 7) is 3.04. The number of ether oxygens (including phenoxy) is 2. The summed E-state index contributed by atoms with van der Waals surface area (Å²) in [6, 6.07) is 9.06. The average molecular weight is 478 g/mol. The summed E-state index contributed by atoms with van der Waals surface area (Å²) in [7, 11) is 1.36. The van der Waals surface area contributed by atoms with Crippen LogP contribution in [-0.2, 0) is 14.3 Å². The monoisotopic (exact) mass is 477 g/mol. The van der Waals surface area contributed by atoms with Crippen LogP contribution in [0, 0.1) is 16.0 Å². The van der Waals surface area contributed by atoms with E-state index >= 15 is 0 Å². The van der Waals surface area contributed by atoms with E-state index in [1.165, 1.54) is 31.4 Å². The third kappa shape index (κ3) is 7.76. The molecule has 0 aliphatic rings. The van der Waals surface area contributed by atoms with Gasteiger partial charge in [0.05, 0.1) is 18.1 Å². The number of rotatable bonds is 10. The second-order valence-corrected chi connectivity index (χ2v) is 7.90. The molecule has 2 N–H and O–H groups in total. The quantitative estimate of drug-likeness (QED) is 0.303. The molecule has 0 aromatic heterocycles. The van der Waals surface area contributed by atoms with Crippen LogP contribution in [0.15, 0.2) is 42.5 Å². The maximum absolute atomic E-state index is 12.6. The van der Waals surface area contributed by atoms with Crippen molar-refractivity contribution in [2.75, 3.05) is 19.0 Å². The van der Waals surface area contributed by atoms with Gasteiger partial charge in [0.25, 0.3) is 17.5 Å². The first-order chi connectivity index (χ1) is 15.6. The van der Waals surface area contributed by atoms with Crippen molar-refractivity contribution in [1.82, 2.24) is 5.32 Å². The molecule has 1 atom stereocenters. The van der Waals surface area contributed by atoms with Gasteiger partial charge in [0.1, 0.15) is 17.5 Å². The number of esters is 1. The highest BCUT2D eigenvalue weighted by molar-refractivity contribution is 6.30. The second-order valence-electron chi connectivity index (χ2n) is 7.46. The van der Waals surface area contributed by atoms with Gasteiger partial charge in [-0.25, -0.2) is 4.79 Å². The summed E-state index contributed by atoms with van der Waals surface area (Å²) in [6.07, 6.45) is 0.281. The highest BCUT2D eigenvalue weighted by Gasteiger charge is 2.25. The highest BCUT2D eigenvalue weighted by Crippen LogP contribution is 2.28. The average Bonchev–Trinajstić information content (AvgIpc) is 2.77. The van der Waals surface area contributed by atoms with Crippen molar-refractivity contribution in [3.8, 4) is 5.75 Å². The molecule has 11 heteroatoms. The van der Waals surface area contributed by atoms with E-state index in [-0.39, 0.29) is 29.5 Å². The summed E-state index contributed by atoms with van der Waals surface area (Å²) >= 11 is 5.83. The molecule has 0 bridgehead atoms. The second kappa shape index (κ2) is 11.8. The number of hydrogen-bond acceptors (Lipinski definition) is 7. The third-order valence-corrected chi connectivity index (χ3v) is 4.68. The molecule has 0 fully saturated rings. The molecule has 176 valence electrons. The Bertz CT molecular complexity index is 1030. The van der Waals surface area contributed by atoms with Crippen molar-refractivity contribution in [3.05, 3.63) is 63.2 Å². The number of anilines is 1. The molecule has 0 heterocycles. The normalized spacial score (nSPS) is 11.4. The van der Waals surface area contributed by atoms with Gasteiger partial charge in [-0.2, -0.15) is 0 Å². The fraction of sp³-hybridized carbons (Fsp3) is 0.318. The van der Waals surface area contributed by atoms with Crippen LogP contribution >= 0.6 is 11.6 Å². The predicted octanol–water partition coefficient (Wildman–Crippen LogP) is 3.58. The molecule has 2 aromatic carbocycles. The van der Waals surface area contributed by atoms with Gasteiger partial charge in [-0.15, -0.1) is 0 Å². The lowest BCUT2D eigenvalue weighted by atomic mass is 10.0. The number of halogens is 1. The number of benzene rings is 2. The van der Waals surface area contributed by atoms with E-state index in [4.69, 9.17) is 21.1 Å². The van der Waals surface area contributed by atoms with E-state index in [1.807, 2.05) is 13.8 Å². The Morgan fingerprint density at radius 2 is 1.79 bits per heavy atom. The van der Waals surface area contributed by atoms with Crippen molar-refractivity contribution < 1.29 is 28.8 Å². The van der Waals surface area contributed by atoms with Crippen LogP contribution in [-0.4, -0.2) is 42.5 Å². The van der Waals surface area contributed by atoms with Crippen molar-refractivity contribution in [3.63, 3.8) is 0 Å². The summed E-state index contributed by atoms with van der Waals surface area (Å²) in [5, 5.41) is 16.6. The van der Waals surface area contributed by atoms with Crippen LogP contribution in [0.3, 0.4) is 0 Å². The largest absolute Gasteiger partial charge is 0.496 e. The van der Waals surface area contributed by atoms with Gasteiger partial charge in [-0.1, -0.05) is 25.4 Å². The number of nitro groups is 1. The zero-order valence-electron chi connectivity index (χ0n) is 18.3. The molecule has 33 heavy (non-hydrogen) atoms.